The monoisotopic (exact) mass is 297 g/mol. The first-order valence-electron chi connectivity index (χ1n) is 6.51. The Labute approximate surface area is 128 Å². The van der Waals surface area contributed by atoms with Crippen molar-refractivity contribution in [2.75, 3.05) is 14.2 Å². The zero-order chi connectivity index (χ0) is 16.1. The number of carbonyl (C=O) groups is 1. The second-order valence-electron chi connectivity index (χ2n) is 4.49. The third-order valence-electron chi connectivity index (χ3n) is 3.09. The molecule has 0 aliphatic rings. The molecule has 0 saturated heterocycles. The number of carbonyl (C=O) groups excluding carboxylic acids is 1. The lowest BCUT2D eigenvalue weighted by Crippen LogP contribution is -2.19. The minimum Gasteiger partial charge on any atom is -0.495 e. The van der Waals surface area contributed by atoms with Gasteiger partial charge < -0.3 is 14.0 Å². The summed E-state index contributed by atoms with van der Waals surface area (Å²) in [4.78, 5) is 23.4. The molecule has 0 bridgehead atoms. The Morgan fingerprint density at radius 2 is 1.77 bits per heavy atom. The predicted molar refractivity (Wildman–Crippen MR) is 82.0 cm³/mol. The van der Waals surface area contributed by atoms with E-state index in [1.165, 1.54) is 18.8 Å². The lowest BCUT2D eigenvalue weighted by molar-refractivity contribution is 0.0600. The zero-order valence-corrected chi connectivity index (χ0v) is 12.5. The third kappa shape index (κ3) is 3.18. The fourth-order valence-corrected chi connectivity index (χ4v) is 1.84. The quantitative estimate of drug-likeness (QED) is 0.624. The topological polar surface area (TPSA) is 57.5 Å². The van der Waals surface area contributed by atoms with E-state index in [9.17, 15) is 9.59 Å². The molecule has 5 nitrogen and oxygen atoms in total. The third-order valence-corrected chi connectivity index (χ3v) is 3.09. The zero-order valence-electron chi connectivity index (χ0n) is 12.5. The standard InChI is InChI=1S/C17H15NO4/c1-18-11-10-15(21-2)14(16(18)19)9-6-12-4-7-13(8-5-12)17(20)22-3/h4-5,7-8,10-11H,1-3H3. The van der Waals surface area contributed by atoms with Crippen molar-refractivity contribution in [1.29, 1.82) is 0 Å². The Balaban J connectivity index is 2.37. The Morgan fingerprint density at radius 1 is 1.09 bits per heavy atom. The maximum absolute atomic E-state index is 12.1. The number of ether oxygens (including phenoxy) is 2. The number of nitrogens with zero attached hydrogens (tertiary/aromatic N) is 1. The van der Waals surface area contributed by atoms with Crippen molar-refractivity contribution in [1.82, 2.24) is 4.57 Å². The van der Waals surface area contributed by atoms with Crippen LogP contribution in [0.15, 0.2) is 41.3 Å². The van der Waals surface area contributed by atoms with Gasteiger partial charge in [0.1, 0.15) is 11.3 Å². The van der Waals surface area contributed by atoms with Crippen LogP contribution in [0.1, 0.15) is 21.5 Å². The normalized spacial score (nSPS) is 9.59. The summed E-state index contributed by atoms with van der Waals surface area (Å²) in [5.74, 6) is 5.75. The van der Waals surface area contributed by atoms with E-state index in [1.807, 2.05) is 0 Å². The van der Waals surface area contributed by atoms with Crippen LogP contribution in [-0.4, -0.2) is 24.8 Å². The molecule has 0 unspecified atom stereocenters. The summed E-state index contributed by atoms with van der Waals surface area (Å²) >= 11 is 0. The summed E-state index contributed by atoms with van der Waals surface area (Å²) in [6.07, 6.45) is 1.62. The highest BCUT2D eigenvalue weighted by molar-refractivity contribution is 5.89. The number of aryl methyl sites for hydroxylation is 1. The predicted octanol–water partition coefficient (Wildman–Crippen LogP) is 1.58. The van der Waals surface area contributed by atoms with Crippen LogP contribution in [0.5, 0.6) is 5.75 Å². The fourth-order valence-electron chi connectivity index (χ4n) is 1.84. The maximum Gasteiger partial charge on any atom is 0.337 e. The molecule has 1 aromatic heterocycles. The molecular weight excluding hydrogens is 282 g/mol. The summed E-state index contributed by atoms with van der Waals surface area (Å²) in [5.41, 5.74) is 1.20. The van der Waals surface area contributed by atoms with Gasteiger partial charge in [-0.15, -0.1) is 0 Å². The molecule has 5 heteroatoms. The van der Waals surface area contributed by atoms with Gasteiger partial charge in [0.05, 0.1) is 19.8 Å². The molecule has 0 fully saturated rings. The number of hydrogen-bond acceptors (Lipinski definition) is 4. The lowest BCUT2D eigenvalue weighted by Gasteiger charge is -2.04. The molecule has 0 atom stereocenters. The number of pyridine rings is 1. The first-order valence-corrected chi connectivity index (χ1v) is 6.51. The number of methoxy groups -OCH3 is 2. The SMILES string of the molecule is COC(=O)c1ccc(C#Cc2c(OC)ccn(C)c2=O)cc1. The minimum atomic E-state index is -0.405. The number of rotatable bonds is 2. The molecule has 22 heavy (non-hydrogen) atoms. The summed E-state index contributed by atoms with van der Waals surface area (Å²) < 4.78 is 11.2. The maximum atomic E-state index is 12.1. The van der Waals surface area contributed by atoms with Crippen molar-refractivity contribution in [3.8, 4) is 17.6 Å². The first-order chi connectivity index (χ1) is 10.6. The van der Waals surface area contributed by atoms with E-state index >= 15 is 0 Å². The van der Waals surface area contributed by atoms with Crippen LogP contribution < -0.4 is 10.3 Å². The lowest BCUT2D eigenvalue weighted by atomic mass is 10.1. The van der Waals surface area contributed by atoms with Gasteiger partial charge in [-0.3, -0.25) is 4.79 Å². The van der Waals surface area contributed by atoms with Gasteiger partial charge in [-0.2, -0.15) is 0 Å². The molecule has 1 heterocycles. The number of hydrogen-bond donors (Lipinski definition) is 0. The van der Waals surface area contributed by atoms with Gasteiger partial charge in [0, 0.05) is 18.8 Å². The van der Waals surface area contributed by atoms with E-state index < -0.39 is 5.97 Å². The number of benzene rings is 1. The van der Waals surface area contributed by atoms with Crippen LogP contribution in [0.25, 0.3) is 0 Å². The average Bonchev–Trinajstić information content (AvgIpc) is 2.56. The van der Waals surface area contributed by atoms with Gasteiger partial charge in [-0.1, -0.05) is 11.8 Å². The molecule has 0 aliphatic carbocycles. The van der Waals surface area contributed by atoms with E-state index in [4.69, 9.17) is 4.74 Å². The molecule has 2 aromatic rings. The minimum absolute atomic E-state index is 0.224. The highest BCUT2D eigenvalue weighted by Gasteiger charge is 2.07. The fraction of sp³-hybridized carbons (Fsp3) is 0.176. The Kier molecular flexibility index (Phi) is 4.64. The van der Waals surface area contributed by atoms with Gasteiger partial charge in [-0.05, 0) is 30.3 Å². The van der Waals surface area contributed by atoms with E-state index in [0.29, 0.717) is 22.4 Å². The van der Waals surface area contributed by atoms with E-state index in [2.05, 4.69) is 16.6 Å². The Bertz CT molecular complexity index is 807. The summed E-state index contributed by atoms with van der Waals surface area (Å²) in [5, 5.41) is 0. The first kappa shape index (κ1) is 15.4. The number of esters is 1. The summed E-state index contributed by atoms with van der Waals surface area (Å²) in [6.45, 7) is 0. The molecule has 0 amide bonds. The van der Waals surface area contributed by atoms with Crippen molar-refractivity contribution >= 4 is 5.97 Å². The van der Waals surface area contributed by atoms with Crippen LogP contribution in [0.3, 0.4) is 0 Å². The molecule has 0 radical (unpaired) electrons. The average molecular weight is 297 g/mol. The van der Waals surface area contributed by atoms with E-state index in [1.54, 1.807) is 43.6 Å². The van der Waals surface area contributed by atoms with Crippen molar-refractivity contribution < 1.29 is 14.3 Å². The molecule has 0 N–H and O–H groups in total. The molecule has 112 valence electrons. The highest BCUT2D eigenvalue weighted by atomic mass is 16.5. The van der Waals surface area contributed by atoms with E-state index in [-0.39, 0.29) is 5.56 Å². The van der Waals surface area contributed by atoms with Crippen molar-refractivity contribution in [2.24, 2.45) is 7.05 Å². The second kappa shape index (κ2) is 6.64. The summed E-state index contributed by atoms with van der Waals surface area (Å²) in [6, 6.07) is 8.32. The van der Waals surface area contributed by atoms with Crippen molar-refractivity contribution in [2.45, 2.75) is 0 Å². The highest BCUT2D eigenvalue weighted by Crippen LogP contribution is 2.12. The van der Waals surface area contributed by atoms with E-state index in [0.717, 1.165) is 0 Å². The Morgan fingerprint density at radius 3 is 2.36 bits per heavy atom. The van der Waals surface area contributed by atoms with Gasteiger partial charge in [-0.25, -0.2) is 4.79 Å². The van der Waals surface area contributed by atoms with Gasteiger partial charge in [0.2, 0.25) is 0 Å². The molecule has 0 saturated carbocycles. The van der Waals surface area contributed by atoms with Crippen molar-refractivity contribution in [3.63, 3.8) is 0 Å². The second-order valence-corrected chi connectivity index (χ2v) is 4.49. The van der Waals surface area contributed by atoms with Crippen LogP contribution in [0.4, 0.5) is 0 Å². The molecule has 1 aromatic carbocycles. The van der Waals surface area contributed by atoms with Crippen LogP contribution >= 0.6 is 0 Å². The van der Waals surface area contributed by atoms with Gasteiger partial charge >= 0.3 is 5.97 Å². The number of aromatic nitrogens is 1. The van der Waals surface area contributed by atoms with Gasteiger partial charge in [0.25, 0.3) is 5.56 Å². The Hall–Kier alpha value is -3.00. The smallest absolute Gasteiger partial charge is 0.337 e. The largest absolute Gasteiger partial charge is 0.495 e. The molecule has 0 spiro atoms. The van der Waals surface area contributed by atoms with Crippen molar-refractivity contribution in [3.05, 3.63) is 63.6 Å². The van der Waals surface area contributed by atoms with Crippen LogP contribution in [0.2, 0.25) is 0 Å². The molecule has 2 rings (SSSR count). The molecular formula is C17H15NO4. The summed E-state index contributed by atoms with van der Waals surface area (Å²) in [7, 11) is 4.47. The van der Waals surface area contributed by atoms with Gasteiger partial charge in [0.15, 0.2) is 0 Å². The van der Waals surface area contributed by atoms with Crippen LogP contribution in [-0.2, 0) is 11.8 Å². The molecule has 0 aliphatic heterocycles. The van der Waals surface area contributed by atoms with Crippen LogP contribution in [0, 0.1) is 11.8 Å².